The Kier molecular flexibility index (Phi) is 2.44. The number of carbonyl (C=O) groups is 1. The summed E-state index contributed by atoms with van der Waals surface area (Å²) in [6.45, 7) is 0. The lowest BCUT2D eigenvalue weighted by atomic mass is 9.96. The number of benzene rings is 1. The Labute approximate surface area is 84.3 Å². The van der Waals surface area contributed by atoms with Crippen molar-refractivity contribution < 1.29 is 4.79 Å². The molecule has 4 heteroatoms. The second-order valence-electron chi connectivity index (χ2n) is 3.74. The van der Waals surface area contributed by atoms with Crippen LogP contribution >= 0.6 is 0 Å². The van der Waals surface area contributed by atoms with Crippen molar-refractivity contribution >= 4 is 25.0 Å². The number of rotatable bonds is 2. The number of urea groups is 1. The van der Waals surface area contributed by atoms with Gasteiger partial charge < -0.3 is 10.6 Å². The summed E-state index contributed by atoms with van der Waals surface area (Å²) in [5.74, 6) is 0. The standard InChI is InChI=1S/C10H13BN2O/c11-7-2-1-3-9(6-7)13-10(14)12-8-4-5-8/h1-3,6,8H,4-5,11H2,(H2,12,13,14). The molecule has 0 aliphatic heterocycles. The average Bonchev–Trinajstić information content (AvgIpc) is 2.87. The summed E-state index contributed by atoms with van der Waals surface area (Å²) in [5, 5.41) is 5.68. The fourth-order valence-corrected chi connectivity index (χ4v) is 1.30. The molecule has 14 heavy (non-hydrogen) atoms. The van der Waals surface area contributed by atoms with E-state index in [9.17, 15) is 4.79 Å². The van der Waals surface area contributed by atoms with Crippen LogP contribution in [0, 0.1) is 0 Å². The predicted molar refractivity (Wildman–Crippen MR) is 59.8 cm³/mol. The molecule has 0 bridgehead atoms. The lowest BCUT2D eigenvalue weighted by Gasteiger charge is -2.06. The number of hydrogen-bond acceptors (Lipinski definition) is 1. The summed E-state index contributed by atoms with van der Waals surface area (Å²) in [4.78, 5) is 11.4. The van der Waals surface area contributed by atoms with Gasteiger partial charge in [0.15, 0.2) is 0 Å². The Bertz CT molecular complexity index is 350. The summed E-state index contributed by atoms with van der Waals surface area (Å²) < 4.78 is 0. The van der Waals surface area contributed by atoms with Gasteiger partial charge >= 0.3 is 6.03 Å². The third-order valence-corrected chi connectivity index (χ3v) is 2.19. The van der Waals surface area contributed by atoms with Gasteiger partial charge in [0.1, 0.15) is 7.85 Å². The number of hydrogen-bond donors (Lipinski definition) is 2. The maximum absolute atomic E-state index is 11.4. The van der Waals surface area contributed by atoms with Crippen LogP contribution in [-0.4, -0.2) is 19.9 Å². The molecule has 2 N–H and O–H groups in total. The lowest BCUT2D eigenvalue weighted by molar-refractivity contribution is 0.251. The van der Waals surface area contributed by atoms with Gasteiger partial charge in [-0.1, -0.05) is 17.6 Å². The first-order valence-electron chi connectivity index (χ1n) is 4.88. The first kappa shape index (κ1) is 9.12. The zero-order valence-corrected chi connectivity index (χ0v) is 8.21. The van der Waals surface area contributed by atoms with Gasteiger partial charge in [-0.15, -0.1) is 0 Å². The fourth-order valence-electron chi connectivity index (χ4n) is 1.30. The van der Waals surface area contributed by atoms with Crippen molar-refractivity contribution in [2.45, 2.75) is 18.9 Å². The van der Waals surface area contributed by atoms with E-state index in [1.54, 1.807) is 0 Å². The second kappa shape index (κ2) is 3.74. The van der Waals surface area contributed by atoms with E-state index in [-0.39, 0.29) is 6.03 Å². The first-order valence-corrected chi connectivity index (χ1v) is 4.88. The molecule has 2 amide bonds. The summed E-state index contributed by atoms with van der Waals surface area (Å²) >= 11 is 0. The highest BCUT2D eigenvalue weighted by molar-refractivity contribution is 6.32. The third-order valence-electron chi connectivity index (χ3n) is 2.19. The molecule has 0 unspecified atom stereocenters. The van der Waals surface area contributed by atoms with Crippen LogP contribution in [0.2, 0.25) is 0 Å². The van der Waals surface area contributed by atoms with Crippen molar-refractivity contribution in [1.82, 2.24) is 5.32 Å². The Morgan fingerprint density at radius 1 is 1.43 bits per heavy atom. The molecular formula is C10H13BN2O. The van der Waals surface area contributed by atoms with Crippen molar-refractivity contribution in [3.05, 3.63) is 24.3 Å². The van der Waals surface area contributed by atoms with Gasteiger partial charge in [-0.3, -0.25) is 0 Å². The van der Waals surface area contributed by atoms with Crippen LogP contribution in [0.5, 0.6) is 0 Å². The predicted octanol–water partition coefficient (Wildman–Crippen LogP) is 0.229. The molecule has 1 saturated carbocycles. The van der Waals surface area contributed by atoms with Crippen molar-refractivity contribution in [2.24, 2.45) is 0 Å². The lowest BCUT2D eigenvalue weighted by Crippen LogP contribution is -2.30. The van der Waals surface area contributed by atoms with E-state index >= 15 is 0 Å². The molecule has 1 aliphatic carbocycles. The first-order chi connectivity index (χ1) is 6.74. The third kappa shape index (κ3) is 2.52. The van der Waals surface area contributed by atoms with Gasteiger partial charge in [0.05, 0.1) is 0 Å². The van der Waals surface area contributed by atoms with Gasteiger partial charge in [-0.05, 0) is 25.0 Å². The van der Waals surface area contributed by atoms with E-state index in [0.717, 1.165) is 24.0 Å². The Morgan fingerprint density at radius 3 is 2.86 bits per heavy atom. The molecule has 1 fully saturated rings. The Balaban J connectivity index is 1.92. The summed E-state index contributed by atoms with van der Waals surface area (Å²) in [6, 6.07) is 8.08. The molecule has 0 spiro atoms. The minimum absolute atomic E-state index is 0.0990. The molecule has 2 rings (SSSR count). The normalized spacial score (nSPS) is 14.9. The summed E-state index contributed by atoms with van der Waals surface area (Å²) in [6.07, 6.45) is 2.22. The van der Waals surface area contributed by atoms with Crippen molar-refractivity contribution in [1.29, 1.82) is 0 Å². The van der Waals surface area contributed by atoms with Crippen LogP contribution < -0.4 is 16.1 Å². The smallest absolute Gasteiger partial charge is 0.319 e. The van der Waals surface area contributed by atoms with Gasteiger partial charge in [-0.2, -0.15) is 0 Å². The topological polar surface area (TPSA) is 41.1 Å². The number of amides is 2. The molecule has 1 aliphatic rings. The molecule has 0 atom stereocenters. The zero-order valence-electron chi connectivity index (χ0n) is 8.21. The van der Waals surface area contributed by atoms with Crippen molar-refractivity contribution in [3.8, 4) is 0 Å². The summed E-state index contributed by atoms with van der Waals surface area (Å²) in [7, 11) is 2.00. The number of nitrogens with one attached hydrogen (secondary N) is 2. The van der Waals surface area contributed by atoms with Gasteiger partial charge in [0.2, 0.25) is 0 Å². The second-order valence-corrected chi connectivity index (χ2v) is 3.74. The van der Waals surface area contributed by atoms with Gasteiger partial charge in [0.25, 0.3) is 0 Å². The van der Waals surface area contributed by atoms with E-state index in [0.29, 0.717) is 6.04 Å². The van der Waals surface area contributed by atoms with E-state index in [1.165, 1.54) is 0 Å². The van der Waals surface area contributed by atoms with E-state index < -0.39 is 0 Å². The monoisotopic (exact) mass is 188 g/mol. The number of carbonyl (C=O) groups excluding carboxylic acids is 1. The van der Waals surface area contributed by atoms with Crippen LogP contribution in [0.1, 0.15) is 12.8 Å². The molecule has 3 nitrogen and oxygen atoms in total. The van der Waals surface area contributed by atoms with Crippen LogP contribution in [0.15, 0.2) is 24.3 Å². The number of anilines is 1. The SMILES string of the molecule is Bc1cccc(NC(=O)NC2CC2)c1. The van der Waals surface area contributed by atoms with Crippen molar-refractivity contribution in [2.75, 3.05) is 5.32 Å². The molecular weight excluding hydrogens is 175 g/mol. The molecule has 0 aromatic heterocycles. The maximum Gasteiger partial charge on any atom is 0.319 e. The zero-order chi connectivity index (χ0) is 9.97. The Hall–Kier alpha value is -1.45. The minimum atomic E-state index is -0.0990. The van der Waals surface area contributed by atoms with Crippen LogP contribution in [0.3, 0.4) is 0 Å². The molecule has 0 heterocycles. The molecule has 72 valence electrons. The van der Waals surface area contributed by atoms with Gasteiger partial charge in [0, 0.05) is 11.7 Å². The highest BCUT2D eigenvalue weighted by Gasteiger charge is 2.22. The molecule has 0 saturated heterocycles. The van der Waals surface area contributed by atoms with Crippen LogP contribution in [0.4, 0.5) is 10.5 Å². The van der Waals surface area contributed by atoms with E-state index in [1.807, 2.05) is 32.1 Å². The maximum atomic E-state index is 11.4. The highest BCUT2D eigenvalue weighted by Crippen LogP contribution is 2.18. The van der Waals surface area contributed by atoms with E-state index in [2.05, 4.69) is 10.6 Å². The largest absolute Gasteiger partial charge is 0.335 e. The van der Waals surface area contributed by atoms with Crippen LogP contribution in [0.25, 0.3) is 0 Å². The molecule has 1 aromatic rings. The molecule has 0 radical (unpaired) electrons. The minimum Gasteiger partial charge on any atom is -0.335 e. The summed E-state index contributed by atoms with van der Waals surface area (Å²) in [5.41, 5.74) is 2.00. The fraction of sp³-hybridized carbons (Fsp3) is 0.300. The van der Waals surface area contributed by atoms with Crippen LogP contribution in [-0.2, 0) is 0 Å². The average molecular weight is 188 g/mol. The van der Waals surface area contributed by atoms with E-state index in [4.69, 9.17) is 0 Å². The van der Waals surface area contributed by atoms with Gasteiger partial charge in [-0.25, -0.2) is 4.79 Å². The quantitative estimate of drug-likeness (QED) is 0.641. The highest BCUT2D eigenvalue weighted by atomic mass is 16.2. The van der Waals surface area contributed by atoms with Crippen molar-refractivity contribution in [3.63, 3.8) is 0 Å². The molecule has 1 aromatic carbocycles. The Morgan fingerprint density at radius 2 is 2.21 bits per heavy atom.